The number of primary amides is 1. The first kappa shape index (κ1) is 5.67. The summed E-state index contributed by atoms with van der Waals surface area (Å²) >= 11 is 0. The van der Waals surface area contributed by atoms with E-state index in [2.05, 4.69) is 15.4 Å². The zero-order chi connectivity index (χ0) is 6.69. The van der Waals surface area contributed by atoms with Crippen LogP contribution >= 0.6 is 0 Å². The summed E-state index contributed by atoms with van der Waals surface area (Å²) < 4.78 is 0. The quantitative estimate of drug-likeness (QED) is 0.505. The lowest BCUT2D eigenvalue weighted by atomic mass is 10.6. The van der Waals surface area contributed by atoms with Crippen LogP contribution in [0.15, 0.2) is 6.33 Å². The van der Waals surface area contributed by atoms with Crippen molar-refractivity contribution in [2.75, 3.05) is 0 Å². The van der Waals surface area contributed by atoms with Gasteiger partial charge in [-0.2, -0.15) is 4.80 Å². The van der Waals surface area contributed by atoms with Crippen LogP contribution in [0.2, 0.25) is 0 Å². The third-order valence-corrected chi connectivity index (χ3v) is 0.689. The van der Waals surface area contributed by atoms with Crippen LogP contribution in [-0.2, 0) is 11.3 Å². The van der Waals surface area contributed by atoms with Gasteiger partial charge < -0.3 is 5.73 Å². The van der Waals surface area contributed by atoms with E-state index in [0.29, 0.717) is 0 Å². The van der Waals surface area contributed by atoms with Gasteiger partial charge in [0.1, 0.15) is 6.54 Å². The average molecular weight is 127 g/mol. The van der Waals surface area contributed by atoms with E-state index in [1.807, 2.05) is 0 Å². The Labute approximate surface area is 50.6 Å². The van der Waals surface area contributed by atoms with Gasteiger partial charge in [0.2, 0.25) is 5.91 Å². The summed E-state index contributed by atoms with van der Waals surface area (Å²) in [7, 11) is 0. The van der Waals surface area contributed by atoms with Crippen molar-refractivity contribution in [3.8, 4) is 0 Å². The van der Waals surface area contributed by atoms with Crippen LogP contribution in [-0.4, -0.2) is 26.1 Å². The first-order valence-corrected chi connectivity index (χ1v) is 2.28. The van der Waals surface area contributed by atoms with Gasteiger partial charge in [-0.1, -0.05) is 0 Å². The van der Waals surface area contributed by atoms with E-state index in [4.69, 9.17) is 5.73 Å². The highest BCUT2D eigenvalue weighted by molar-refractivity contribution is 5.73. The lowest BCUT2D eigenvalue weighted by molar-refractivity contribution is -0.118. The summed E-state index contributed by atoms with van der Waals surface area (Å²) in [5.74, 6) is -0.479. The molecule has 6 heteroatoms. The van der Waals surface area contributed by atoms with Gasteiger partial charge in [-0.15, -0.1) is 10.2 Å². The Morgan fingerprint density at radius 2 is 2.56 bits per heavy atom. The molecule has 1 aromatic rings. The SMILES string of the molecule is NC(=O)Cn1ncnn1. The molecule has 1 amide bonds. The van der Waals surface area contributed by atoms with Crippen LogP contribution in [0.25, 0.3) is 0 Å². The van der Waals surface area contributed by atoms with Crippen molar-refractivity contribution >= 4 is 5.91 Å². The van der Waals surface area contributed by atoms with Crippen molar-refractivity contribution in [3.05, 3.63) is 6.33 Å². The normalized spacial score (nSPS) is 9.33. The van der Waals surface area contributed by atoms with Crippen LogP contribution in [0, 0.1) is 0 Å². The maximum atomic E-state index is 10.2. The second-order valence-electron chi connectivity index (χ2n) is 1.43. The Bertz CT molecular complexity index is 192. The molecular weight excluding hydrogens is 122 g/mol. The summed E-state index contributed by atoms with van der Waals surface area (Å²) in [6, 6.07) is 0. The predicted molar refractivity (Wildman–Crippen MR) is 27.0 cm³/mol. The van der Waals surface area contributed by atoms with Crippen molar-refractivity contribution < 1.29 is 4.79 Å². The fraction of sp³-hybridized carbons (Fsp3) is 0.333. The van der Waals surface area contributed by atoms with Gasteiger partial charge in [0.05, 0.1) is 0 Å². The van der Waals surface area contributed by atoms with Crippen molar-refractivity contribution in [2.45, 2.75) is 6.54 Å². The molecule has 0 bridgehead atoms. The summed E-state index contributed by atoms with van der Waals surface area (Å²) in [5.41, 5.74) is 4.82. The number of nitrogens with two attached hydrogens (primary N) is 1. The highest BCUT2D eigenvalue weighted by Crippen LogP contribution is 1.70. The minimum atomic E-state index is -0.479. The molecule has 0 aromatic carbocycles. The minimum Gasteiger partial charge on any atom is -0.368 e. The van der Waals surface area contributed by atoms with Gasteiger partial charge in [0, 0.05) is 0 Å². The largest absolute Gasteiger partial charge is 0.368 e. The van der Waals surface area contributed by atoms with Gasteiger partial charge in [0.15, 0.2) is 6.33 Å². The molecule has 0 aliphatic heterocycles. The number of nitrogens with zero attached hydrogens (tertiary/aromatic N) is 4. The molecule has 6 nitrogen and oxygen atoms in total. The molecule has 0 spiro atoms. The number of hydrogen-bond acceptors (Lipinski definition) is 4. The Kier molecular flexibility index (Phi) is 1.39. The average Bonchev–Trinajstić information content (AvgIpc) is 2.15. The Morgan fingerprint density at radius 1 is 1.78 bits per heavy atom. The number of hydrogen-bond donors (Lipinski definition) is 1. The molecule has 48 valence electrons. The van der Waals surface area contributed by atoms with E-state index >= 15 is 0 Å². The molecule has 0 saturated heterocycles. The molecule has 1 rings (SSSR count). The molecule has 1 heterocycles. The molecule has 0 atom stereocenters. The molecule has 0 saturated carbocycles. The number of aromatic nitrogens is 4. The summed E-state index contributed by atoms with van der Waals surface area (Å²) in [6.07, 6.45) is 1.24. The Morgan fingerprint density at radius 3 is 3.00 bits per heavy atom. The van der Waals surface area contributed by atoms with Crippen LogP contribution < -0.4 is 5.73 Å². The summed E-state index contributed by atoms with van der Waals surface area (Å²) in [4.78, 5) is 11.3. The molecule has 0 aliphatic rings. The highest BCUT2D eigenvalue weighted by atomic mass is 16.1. The fourth-order valence-electron chi connectivity index (χ4n) is 0.400. The van der Waals surface area contributed by atoms with Gasteiger partial charge in [-0.05, 0) is 5.21 Å². The monoisotopic (exact) mass is 127 g/mol. The topological polar surface area (TPSA) is 86.7 Å². The van der Waals surface area contributed by atoms with E-state index in [-0.39, 0.29) is 6.54 Å². The maximum absolute atomic E-state index is 10.2. The van der Waals surface area contributed by atoms with Crippen molar-refractivity contribution in [1.82, 2.24) is 20.2 Å². The van der Waals surface area contributed by atoms with E-state index < -0.39 is 5.91 Å². The molecule has 0 aliphatic carbocycles. The smallest absolute Gasteiger partial charge is 0.241 e. The van der Waals surface area contributed by atoms with Gasteiger partial charge >= 0.3 is 0 Å². The second kappa shape index (κ2) is 2.21. The fourth-order valence-corrected chi connectivity index (χ4v) is 0.400. The maximum Gasteiger partial charge on any atom is 0.241 e. The number of carbonyl (C=O) groups is 1. The molecule has 1 aromatic heterocycles. The molecule has 9 heavy (non-hydrogen) atoms. The van der Waals surface area contributed by atoms with Crippen LogP contribution in [0.4, 0.5) is 0 Å². The minimum absolute atomic E-state index is 0.0139. The van der Waals surface area contributed by atoms with Gasteiger partial charge in [-0.25, -0.2) is 0 Å². The standard InChI is InChI=1S/C3H5N5O/c4-3(9)1-8-6-2-5-7-8/h2H,1H2,(H2,4,9). The summed E-state index contributed by atoms with van der Waals surface area (Å²) in [6.45, 7) is -0.0139. The second-order valence-corrected chi connectivity index (χ2v) is 1.43. The lowest BCUT2D eigenvalue weighted by Crippen LogP contribution is -2.20. The molecule has 0 unspecified atom stereocenters. The summed E-state index contributed by atoms with van der Waals surface area (Å²) in [5, 5.41) is 10.3. The van der Waals surface area contributed by atoms with Crippen LogP contribution in [0.1, 0.15) is 0 Å². The van der Waals surface area contributed by atoms with E-state index in [9.17, 15) is 4.79 Å². The lowest BCUT2D eigenvalue weighted by Gasteiger charge is -1.88. The number of amides is 1. The van der Waals surface area contributed by atoms with Crippen LogP contribution in [0.3, 0.4) is 0 Å². The van der Waals surface area contributed by atoms with Crippen molar-refractivity contribution in [2.24, 2.45) is 5.73 Å². The van der Waals surface area contributed by atoms with E-state index in [1.165, 1.54) is 6.33 Å². The first-order valence-electron chi connectivity index (χ1n) is 2.28. The third-order valence-electron chi connectivity index (χ3n) is 0.689. The first-order chi connectivity index (χ1) is 4.29. The number of rotatable bonds is 2. The van der Waals surface area contributed by atoms with Crippen molar-refractivity contribution in [3.63, 3.8) is 0 Å². The molecule has 0 radical (unpaired) electrons. The number of tetrazole rings is 1. The van der Waals surface area contributed by atoms with E-state index in [0.717, 1.165) is 4.80 Å². The highest BCUT2D eigenvalue weighted by Gasteiger charge is 1.95. The van der Waals surface area contributed by atoms with E-state index in [1.54, 1.807) is 0 Å². The number of carbonyl (C=O) groups excluding carboxylic acids is 1. The zero-order valence-corrected chi connectivity index (χ0v) is 4.56. The molecular formula is C3H5N5O. The van der Waals surface area contributed by atoms with Gasteiger partial charge in [-0.3, -0.25) is 4.79 Å². The van der Waals surface area contributed by atoms with Crippen molar-refractivity contribution in [1.29, 1.82) is 0 Å². The van der Waals surface area contributed by atoms with Crippen LogP contribution in [0.5, 0.6) is 0 Å². The third kappa shape index (κ3) is 1.48. The zero-order valence-electron chi connectivity index (χ0n) is 4.56. The molecule has 0 fully saturated rings. The van der Waals surface area contributed by atoms with Gasteiger partial charge in [0.25, 0.3) is 0 Å². The Hall–Kier alpha value is -1.46. The molecule has 2 N–H and O–H groups in total. The Balaban J connectivity index is 2.58. The predicted octanol–water partition coefficient (Wildman–Crippen LogP) is -1.84.